The standard InChI is InChI=1S/C27H30N6O2/c1-18-6-10-22(11-7-18)33-26-24(19(2)30-33)25(28-20(3)29-26)31-14-5-15-32(17-16-31)27(34)21-8-12-23(35-4)13-9-21/h6-13H,5,14-17H2,1-4H3. The minimum Gasteiger partial charge on any atom is -0.497 e. The van der Waals surface area contributed by atoms with Gasteiger partial charge in [-0.05, 0) is 63.6 Å². The third-order valence-electron chi connectivity index (χ3n) is 6.49. The molecule has 0 radical (unpaired) electrons. The van der Waals surface area contributed by atoms with Crippen LogP contribution in [0.2, 0.25) is 0 Å². The Labute approximate surface area is 205 Å². The van der Waals surface area contributed by atoms with Gasteiger partial charge in [0.25, 0.3) is 5.91 Å². The fourth-order valence-electron chi connectivity index (χ4n) is 4.61. The number of aromatic nitrogens is 4. The van der Waals surface area contributed by atoms with E-state index in [-0.39, 0.29) is 5.91 Å². The van der Waals surface area contributed by atoms with Crippen molar-refractivity contribution >= 4 is 22.8 Å². The van der Waals surface area contributed by atoms with Crippen molar-refractivity contribution in [3.8, 4) is 11.4 Å². The molecule has 0 unspecified atom stereocenters. The molecule has 0 saturated carbocycles. The first-order valence-electron chi connectivity index (χ1n) is 11.9. The Morgan fingerprint density at radius 1 is 0.886 bits per heavy atom. The lowest BCUT2D eigenvalue weighted by molar-refractivity contribution is 0.0767. The summed E-state index contributed by atoms with van der Waals surface area (Å²) in [7, 11) is 1.62. The molecule has 1 saturated heterocycles. The predicted octanol–water partition coefficient (Wildman–Crippen LogP) is 4.10. The molecule has 1 aliphatic rings. The molecule has 2 aromatic carbocycles. The van der Waals surface area contributed by atoms with Crippen LogP contribution in [-0.2, 0) is 0 Å². The van der Waals surface area contributed by atoms with E-state index in [1.54, 1.807) is 7.11 Å². The number of carbonyl (C=O) groups is 1. The van der Waals surface area contributed by atoms with Crippen LogP contribution in [0.15, 0.2) is 48.5 Å². The maximum Gasteiger partial charge on any atom is 0.253 e. The highest BCUT2D eigenvalue weighted by atomic mass is 16.5. The molecule has 35 heavy (non-hydrogen) atoms. The molecule has 1 aliphatic heterocycles. The number of methoxy groups -OCH3 is 1. The highest BCUT2D eigenvalue weighted by molar-refractivity contribution is 5.94. The van der Waals surface area contributed by atoms with Crippen LogP contribution in [0.4, 0.5) is 5.82 Å². The molecule has 0 spiro atoms. The number of fused-ring (bicyclic) bond motifs is 1. The predicted molar refractivity (Wildman–Crippen MR) is 137 cm³/mol. The minimum atomic E-state index is 0.0434. The maximum absolute atomic E-state index is 13.1. The van der Waals surface area contributed by atoms with Crippen molar-refractivity contribution in [3.05, 3.63) is 71.2 Å². The summed E-state index contributed by atoms with van der Waals surface area (Å²) in [6.07, 6.45) is 0.859. The Bertz CT molecular complexity index is 1360. The summed E-state index contributed by atoms with van der Waals surface area (Å²) in [5.41, 5.74) is 4.56. The zero-order valence-corrected chi connectivity index (χ0v) is 20.7. The first kappa shape index (κ1) is 22.8. The van der Waals surface area contributed by atoms with Crippen molar-refractivity contribution in [1.29, 1.82) is 0 Å². The summed E-state index contributed by atoms with van der Waals surface area (Å²) in [6, 6.07) is 15.6. The average molecular weight is 471 g/mol. The lowest BCUT2D eigenvalue weighted by Gasteiger charge is -2.24. The van der Waals surface area contributed by atoms with Gasteiger partial charge in [-0.25, -0.2) is 14.6 Å². The number of ether oxygens (including phenoxy) is 1. The van der Waals surface area contributed by atoms with Crippen LogP contribution in [-0.4, -0.2) is 63.8 Å². The number of hydrogen-bond acceptors (Lipinski definition) is 6. The van der Waals surface area contributed by atoms with Gasteiger partial charge >= 0.3 is 0 Å². The van der Waals surface area contributed by atoms with E-state index in [1.165, 1.54) is 5.56 Å². The van der Waals surface area contributed by atoms with Crippen LogP contribution in [0.1, 0.15) is 33.9 Å². The molecule has 3 heterocycles. The summed E-state index contributed by atoms with van der Waals surface area (Å²) in [6.45, 7) is 8.84. The van der Waals surface area contributed by atoms with Crippen molar-refractivity contribution in [1.82, 2.24) is 24.6 Å². The van der Waals surface area contributed by atoms with E-state index < -0.39 is 0 Å². The Morgan fingerprint density at radius 2 is 1.63 bits per heavy atom. The van der Waals surface area contributed by atoms with E-state index in [2.05, 4.69) is 36.1 Å². The Balaban J connectivity index is 1.43. The number of benzene rings is 2. The number of anilines is 1. The number of rotatable bonds is 4. The number of nitrogens with zero attached hydrogens (tertiary/aromatic N) is 6. The highest BCUT2D eigenvalue weighted by Crippen LogP contribution is 2.30. The molecule has 0 aliphatic carbocycles. The van der Waals surface area contributed by atoms with Crippen molar-refractivity contribution in [2.75, 3.05) is 38.2 Å². The molecular weight excluding hydrogens is 440 g/mol. The molecular formula is C27H30N6O2. The van der Waals surface area contributed by atoms with Gasteiger partial charge in [-0.3, -0.25) is 4.79 Å². The summed E-state index contributed by atoms with van der Waals surface area (Å²) in [5.74, 6) is 2.38. The van der Waals surface area contributed by atoms with Crippen LogP contribution < -0.4 is 9.64 Å². The number of amides is 1. The Kier molecular flexibility index (Phi) is 6.11. The molecule has 1 amide bonds. The zero-order chi connectivity index (χ0) is 24.5. The van der Waals surface area contributed by atoms with Gasteiger partial charge in [-0.2, -0.15) is 5.10 Å². The quantitative estimate of drug-likeness (QED) is 0.447. The number of carbonyl (C=O) groups excluding carboxylic acids is 1. The average Bonchev–Trinajstić information content (AvgIpc) is 3.04. The van der Waals surface area contributed by atoms with E-state index >= 15 is 0 Å². The second-order valence-electron chi connectivity index (χ2n) is 8.99. The lowest BCUT2D eigenvalue weighted by atomic mass is 10.2. The molecule has 4 aromatic rings. The van der Waals surface area contributed by atoms with E-state index in [1.807, 2.05) is 47.7 Å². The van der Waals surface area contributed by atoms with E-state index in [4.69, 9.17) is 19.8 Å². The van der Waals surface area contributed by atoms with Crippen molar-refractivity contribution in [2.24, 2.45) is 0 Å². The Morgan fingerprint density at radius 3 is 2.34 bits per heavy atom. The second-order valence-corrected chi connectivity index (χ2v) is 8.99. The summed E-state index contributed by atoms with van der Waals surface area (Å²) < 4.78 is 7.12. The van der Waals surface area contributed by atoms with Crippen LogP contribution in [0.25, 0.3) is 16.7 Å². The van der Waals surface area contributed by atoms with E-state index in [0.29, 0.717) is 31.0 Å². The van der Waals surface area contributed by atoms with Gasteiger partial charge in [0, 0.05) is 31.7 Å². The Hall–Kier alpha value is -3.94. The van der Waals surface area contributed by atoms with E-state index in [9.17, 15) is 4.79 Å². The van der Waals surface area contributed by atoms with Crippen LogP contribution in [0.3, 0.4) is 0 Å². The second kappa shape index (κ2) is 9.37. The van der Waals surface area contributed by atoms with Gasteiger partial charge < -0.3 is 14.5 Å². The summed E-state index contributed by atoms with van der Waals surface area (Å²) in [4.78, 5) is 26.9. The normalized spacial score (nSPS) is 14.3. The molecule has 8 heteroatoms. The van der Waals surface area contributed by atoms with Crippen LogP contribution in [0, 0.1) is 20.8 Å². The smallest absolute Gasteiger partial charge is 0.253 e. The number of aryl methyl sites for hydroxylation is 3. The first-order valence-corrected chi connectivity index (χ1v) is 11.9. The van der Waals surface area contributed by atoms with Crippen molar-refractivity contribution < 1.29 is 9.53 Å². The van der Waals surface area contributed by atoms with Crippen molar-refractivity contribution in [2.45, 2.75) is 27.2 Å². The van der Waals surface area contributed by atoms with Gasteiger partial charge in [0.05, 0.1) is 23.9 Å². The SMILES string of the molecule is COc1ccc(C(=O)N2CCCN(c3nc(C)nc4c3c(C)nn4-c3ccc(C)cc3)CC2)cc1. The van der Waals surface area contributed by atoms with Gasteiger partial charge in [-0.1, -0.05) is 17.7 Å². The monoisotopic (exact) mass is 470 g/mol. The topological polar surface area (TPSA) is 76.4 Å². The van der Waals surface area contributed by atoms with E-state index in [0.717, 1.165) is 46.9 Å². The fraction of sp³-hybridized carbons (Fsp3) is 0.333. The largest absolute Gasteiger partial charge is 0.497 e. The molecule has 0 bridgehead atoms. The highest BCUT2D eigenvalue weighted by Gasteiger charge is 2.25. The zero-order valence-electron chi connectivity index (χ0n) is 20.7. The fourth-order valence-corrected chi connectivity index (χ4v) is 4.61. The van der Waals surface area contributed by atoms with Crippen molar-refractivity contribution in [3.63, 3.8) is 0 Å². The van der Waals surface area contributed by atoms with Gasteiger partial charge in [-0.15, -0.1) is 0 Å². The van der Waals surface area contributed by atoms with Crippen LogP contribution in [0.5, 0.6) is 5.75 Å². The van der Waals surface area contributed by atoms with Crippen LogP contribution >= 0.6 is 0 Å². The molecule has 8 nitrogen and oxygen atoms in total. The molecule has 0 atom stereocenters. The molecule has 5 rings (SSSR count). The first-order chi connectivity index (χ1) is 16.9. The third kappa shape index (κ3) is 4.43. The maximum atomic E-state index is 13.1. The minimum absolute atomic E-state index is 0.0434. The molecule has 2 aromatic heterocycles. The van der Waals surface area contributed by atoms with Gasteiger partial charge in [0.15, 0.2) is 5.65 Å². The molecule has 1 fully saturated rings. The molecule has 180 valence electrons. The van der Waals surface area contributed by atoms with Gasteiger partial charge in [0.2, 0.25) is 0 Å². The number of hydrogen-bond donors (Lipinski definition) is 0. The third-order valence-corrected chi connectivity index (χ3v) is 6.49. The summed E-state index contributed by atoms with van der Waals surface area (Å²) in [5, 5.41) is 5.78. The van der Waals surface area contributed by atoms with Gasteiger partial charge in [0.1, 0.15) is 17.4 Å². The lowest BCUT2D eigenvalue weighted by Crippen LogP contribution is -2.35. The molecule has 0 N–H and O–H groups in total. The summed E-state index contributed by atoms with van der Waals surface area (Å²) >= 11 is 0.